The van der Waals surface area contributed by atoms with E-state index < -0.39 is 0 Å². The molecule has 0 bridgehead atoms. The van der Waals surface area contributed by atoms with Crippen LogP contribution in [0.3, 0.4) is 0 Å². The molecule has 3 heteroatoms. The summed E-state index contributed by atoms with van der Waals surface area (Å²) in [6.45, 7) is 4.28. The third kappa shape index (κ3) is 3.14. The molecule has 0 aromatic heterocycles. The quantitative estimate of drug-likeness (QED) is 0.841. The summed E-state index contributed by atoms with van der Waals surface area (Å²) < 4.78 is 0. The lowest BCUT2D eigenvalue weighted by molar-refractivity contribution is 0.672. The highest BCUT2D eigenvalue weighted by Gasteiger charge is 2.06. The first kappa shape index (κ1) is 11.9. The van der Waals surface area contributed by atoms with Crippen molar-refractivity contribution in [2.24, 2.45) is 0 Å². The minimum atomic E-state index is 0.440. The lowest BCUT2D eigenvalue weighted by Crippen LogP contribution is -2.17. The van der Waals surface area contributed by atoms with Crippen molar-refractivity contribution in [1.82, 2.24) is 0 Å². The van der Waals surface area contributed by atoms with Crippen molar-refractivity contribution in [1.29, 1.82) is 5.26 Å². The van der Waals surface area contributed by atoms with Crippen LogP contribution in [0.25, 0.3) is 0 Å². The number of anilines is 1. The van der Waals surface area contributed by atoms with Crippen LogP contribution >= 0.6 is 11.6 Å². The zero-order valence-corrected chi connectivity index (χ0v) is 9.80. The molecule has 0 aliphatic heterocycles. The van der Waals surface area contributed by atoms with Crippen molar-refractivity contribution < 1.29 is 0 Å². The Balaban J connectivity index is 2.83. The van der Waals surface area contributed by atoms with Gasteiger partial charge in [0.2, 0.25) is 0 Å². The second-order valence-corrected chi connectivity index (χ2v) is 3.87. The molecule has 1 aromatic rings. The van der Waals surface area contributed by atoms with Gasteiger partial charge in [-0.1, -0.05) is 25.4 Å². The minimum Gasteiger partial charge on any atom is -0.381 e. The van der Waals surface area contributed by atoms with Crippen LogP contribution in [0.4, 0.5) is 5.69 Å². The molecule has 80 valence electrons. The van der Waals surface area contributed by atoms with E-state index in [0.29, 0.717) is 16.6 Å². The highest BCUT2D eigenvalue weighted by atomic mass is 35.5. The Morgan fingerprint density at radius 3 is 2.53 bits per heavy atom. The predicted octanol–water partition coefficient (Wildman–Crippen LogP) is 3.81. The molecule has 15 heavy (non-hydrogen) atoms. The molecule has 0 fully saturated rings. The number of nitrogens with one attached hydrogen (secondary N) is 1. The molecule has 2 nitrogen and oxygen atoms in total. The van der Waals surface area contributed by atoms with E-state index in [2.05, 4.69) is 25.2 Å². The van der Waals surface area contributed by atoms with Gasteiger partial charge in [-0.25, -0.2) is 0 Å². The molecule has 0 atom stereocenters. The monoisotopic (exact) mass is 222 g/mol. The minimum absolute atomic E-state index is 0.440. The number of halogens is 1. The van der Waals surface area contributed by atoms with Crippen LogP contribution in [0.2, 0.25) is 5.02 Å². The number of nitriles is 1. The van der Waals surface area contributed by atoms with Gasteiger partial charge in [0.05, 0.1) is 22.3 Å². The molecule has 0 amide bonds. The van der Waals surface area contributed by atoms with Gasteiger partial charge in [-0.15, -0.1) is 0 Å². The third-order valence-corrected chi connectivity index (χ3v) is 2.76. The standard InChI is InChI=1S/C12H15ClN2/c1-3-10(4-2)15-12-6-5-9(8-14)7-11(12)13/h5-7,10,15H,3-4H2,1-2H3. The molecule has 0 saturated heterocycles. The van der Waals surface area contributed by atoms with Gasteiger partial charge < -0.3 is 5.32 Å². The van der Waals surface area contributed by atoms with E-state index in [0.717, 1.165) is 18.5 Å². The van der Waals surface area contributed by atoms with Crippen molar-refractivity contribution >= 4 is 17.3 Å². The molecule has 0 aliphatic carbocycles. The van der Waals surface area contributed by atoms with Gasteiger partial charge in [-0.2, -0.15) is 5.26 Å². The molecule has 0 saturated carbocycles. The zero-order valence-electron chi connectivity index (χ0n) is 9.05. The van der Waals surface area contributed by atoms with E-state index in [-0.39, 0.29) is 0 Å². The maximum atomic E-state index is 8.70. The largest absolute Gasteiger partial charge is 0.381 e. The Morgan fingerprint density at radius 2 is 2.07 bits per heavy atom. The van der Waals surface area contributed by atoms with E-state index in [1.165, 1.54) is 0 Å². The smallest absolute Gasteiger partial charge is 0.0992 e. The van der Waals surface area contributed by atoms with E-state index >= 15 is 0 Å². The van der Waals surface area contributed by atoms with Crippen LogP contribution in [0.5, 0.6) is 0 Å². The fourth-order valence-electron chi connectivity index (χ4n) is 1.41. The Morgan fingerprint density at radius 1 is 1.40 bits per heavy atom. The van der Waals surface area contributed by atoms with Gasteiger partial charge in [-0.3, -0.25) is 0 Å². The van der Waals surface area contributed by atoms with Gasteiger partial charge in [0.1, 0.15) is 0 Å². The number of nitrogens with zero attached hydrogens (tertiary/aromatic N) is 1. The van der Waals surface area contributed by atoms with E-state index in [1.54, 1.807) is 12.1 Å². The maximum Gasteiger partial charge on any atom is 0.0992 e. The van der Waals surface area contributed by atoms with Gasteiger partial charge in [-0.05, 0) is 31.0 Å². The molecule has 0 unspecified atom stereocenters. The fourth-order valence-corrected chi connectivity index (χ4v) is 1.65. The van der Waals surface area contributed by atoms with E-state index in [4.69, 9.17) is 16.9 Å². The molecule has 1 aromatic carbocycles. The lowest BCUT2D eigenvalue weighted by Gasteiger charge is -2.17. The summed E-state index contributed by atoms with van der Waals surface area (Å²) in [4.78, 5) is 0. The van der Waals surface area contributed by atoms with Crippen LogP contribution in [-0.4, -0.2) is 6.04 Å². The van der Waals surface area contributed by atoms with Crippen molar-refractivity contribution in [2.75, 3.05) is 5.32 Å². The molecule has 0 aliphatic rings. The molecular weight excluding hydrogens is 208 g/mol. The Kier molecular flexibility index (Phi) is 4.45. The van der Waals surface area contributed by atoms with Gasteiger partial charge >= 0.3 is 0 Å². The van der Waals surface area contributed by atoms with E-state index in [9.17, 15) is 0 Å². The first-order valence-electron chi connectivity index (χ1n) is 5.17. The first-order chi connectivity index (χ1) is 7.21. The highest BCUT2D eigenvalue weighted by Crippen LogP contribution is 2.24. The van der Waals surface area contributed by atoms with Crippen LogP contribution < -0.4 is 5.32 Å². The molecule has 1 rings (SSSR count). The van der Waals surface area contributed by atoms with Crippen LogP contribution in [0.1, 0.15) is 32.3 Å². The highest BCUT2D eigenvalue weighted by molar-refractivity contribution is 6.33. The lowest BCUT2D eigenvalue weighted by atomic mass is 10.1. The Hall–Kier alpha value is -1.20. The summed E-state index contributed by atoms with van der Waals surface area (Å²) in [7, 11) is 0. The summed E-state index contributed by atoms with van der Waals surface area (Å²) in [5.74, 6) is 0. The van der Waals surface area contributed by atoms with Gasteiger partial charge in [0.25, 0.3) is 0 Å². The second kappa shape index (κ2) is 5.63. The molecule has 0 spiro atoms. The first-order valence-corrected chi connectivity index (χ1v) is 5.55. The topological polar surface area (TPSA) is 35.8 Å². The normalized spacial score (nSPS) is 10.1. The zero-order chi connectivity index (χ0) is 11.3. The van der Waals surface area contributed by atoms with Crippen molar-refractivity contribution in [3.8, 4) is 6.07 Å². The Labute approximate surface area is 95.9 Å². The molecule has 1 N–H and O–H groups in total. The number of hydrogen-bond donors (Lipinski definition) is 1. The van der Waals surface area contributed by atoms with Crippen LogP contribution in [0.15, 0.2) is 18.2 Å². The Bertz CT molecular complexity index is 364. The summed E-state index contributed by atoms with van der Waals surface area (Å²) in [6.07, 6.45) is 2.12. The van der Waals surface area contributed by atoms with E-state index in [1.807, 2.05) is 6.07 Å². The van der Waals surface area contributed by atoms with Crippen LogP contribution in [0, 0.1) is 11.3 Å². The maximum absolute atomic E-state index is 8.70. The predicted molar refractivity (Wildman–Crippen MR) is 64.2 cm³/mol. The molecule has 0 radical (unpaired) electrons. The van der Waals surface area contributed by atoms with Crippen molar-refractivity contribution in [3.05, 3.63) is 28.8 Å². The summed E-state index contributed by atoms with van der Waals surface area (Å²) in [5, 5.41) is 12.7. The van der Waals surface area contributed by atoms with Crippen molar-refractivity contribution in [3.63, 3.8) is 0 Å². The number of rotatable bonds is 4. The summed E-state index contributed by atoms with van der Waals surface area (Å²) in [6, 6.07) is 7.83. The van der Waals surface area contributed by atoms with Crippen LogP contribution in [-0.2, 0) is 0 Å². The summed E-state index contributed by atoms with van der Waals surface area (Å²) >= 11 is 6.05. The SMILES string of the molecule is CCC(CC)Nc1ccc(C#N)cc1Cl. The summed E-state index contributed by atoms with van der Waals surface area (Å²) in [5.41, 5.74) is 1.50. The number of benzene rings is 1. The van der Waals surface area contributed by atoms with Crippen molar-refractivity contribution in [2.45, 2.75) is 32.7 Å². The number of hydrogen-bond acceptors (Lipinski definition) is 2. The fraction of sp³-hybridized carbons (Fsp3) is 0.417. The second-order valence-electron chi connectivity index (χ2n) is 3.46. The van der Waals surface area contributed by atoms with Gasteiger partial charge in [0.15, 0.2) is 0 Å². The third-order valence-electron chi connectivity index (χ3n) is 2.44. The average Bonchev–Trinajstić information content (AvgIpc) is 2.27. The molecular formula is C12H15ClN2. The molecule has 0 heterocycles. The van der Waals surface area contributed by atoms with Gasteiger partial charge in [0, 0.05) is 6.04 Å². The average molecular weight is 223 g/mol.